The Labute approximate surface area is 176 Å². The second-order valence-corrected chi connectivity index (χ2v) is 7.72. The van der Waals surface area contributed by atoms with Gasteiger partial charge < -0.3 is 15.0 Å². The van der Waals surface area contributed by atoms with Crippen LogP contribution in [-0.4, -0.2) is 41.1 Å². The molecule has 1 atom stereocenters. The SMILES string of the molecule is CC(=O)c1c(C)[nH]c(C(=O)COC(=O)[C@@H](NC(=O)c2ccccc2C)C(C)C)c1C. The summed E-state index contributed by atoms with van der Waals surface area (Å²) in [6.45, 7) is 9.71. The summed E-state index contributed by atoms with van der Waals surface area (Å²) >= 11 is 0. The molecule has 1 aromatic carbocycles. The number of H-pyrrole nitrogens is 1. The average molecular weight is 412 g/mol. The summed E-state index contributed by atoms with van der Waals surface area (Å²) in [6.07, 6.45) is 0. The fourth-order valence-electron chi connectivity index (χ4n) is 3.40. The van der Waals surface area contributed by atoms with Gasteiger partial charge in [-0.15, -0.1) is 0 Å². The Balaban J connectivity index is 2.08. The molecule has 0 aliphatic rings. The van der Waals surface area contributed by atoms with Crippen LogP contribution >= 0.6 is 0 Å². The molecule has 160 valence electrons. The van der Waals surface area contributed by atoms with Gasteiger partial charge in [0.1, 0.15) is 6.04 Å². The second-order valence-electron chi connectivity index (χ2n) is 7.72. The van der Waals surface area contributed by atoms with E-state index >= 15 is 0 Å². The number of amides is 1. The number of hydrogen-bond donors (Lipinski definition) is 2. The Morgan fingerprint density at radius 1 is 1.07 bits per heavy atom. The number of carbonyl (C=O) groups is 4. The van der Waals surface area contributed by atoms with Gasteiger partial charge in [-0.3, -0.25) is 14.4 Å². The van der Waals surface area contributed by atoms with E-state index in [1.54, 1.807) is 39.8 Å². The number of ketones is 2. The Morgan fingerprint density at radius 3 is 2.23 bits per heavy atom. The number of hydrogen-bond acceptors (Lipinski definition) is 5. The molecule has 2 aromatic rings. The minimum Gasteiger partial charge on any atom is -0.456 e. The summed E-state index contributed by atoms with van der Waals surface area (Å²) < 4.78 is 5.21. The molecule has 1 amide bonds. The fraction of sp³-hybridized carbons (Fsp3) is 0.391. The number of aromatic amines is 1. The first-order valence-corrected chi connectivity index (χ1v) is 9.81. The molecular formula is C23H28N2O5. The zero-order valence-corrected chi connectivity index (χ0v) is 18.2. The lowest BCUT2D eigenvalue weighted by Crippen LogP contribution is -2.45. The van der Waals surface area contributed by atoms with E-state index in [4.69, 9.17) is 4.74 Å². The lowest BCUT2D eigenvalue weighted by molar-refractivity contribution is -0.145. The Hall–Kier alpha value is -3.22. The van der Waals surface area contributed by atoms with Gasteiger partial charge in [0, 0.05) is 16.8 Å². The van der Waals surface area contributed by atoms with Crippen molar-refractivity contribution in [2.24, 2.45) is 5.92 Å². The zero-order valence-electron chi connectivity index (χ0n) is 18.2. The van der Waals surface area contributed by atoms with Crippen molar-refractivity contribution in [3.63, 3.8) is 0 Å². The predicted octanol–water partition coefficient (Wildman–Crippen LogP) is 3.32. The molecule has 0 saturated carbocycles. The summed E-state index contributed by atoms with van der Waals surface area (Å²) in [5.74, 6) is -1.88. The molecule has 7 heteroatoms. The van der Waals surface area contributed by atoms with Gasteiger partial charge in [-0.25, -0.2) is 4.79 Å². The van der Waals surface area contributed by atoms with Crippen molar-refractivity contribution in [3.05, 3.63) is 57.9 Å². The van der Waals surface area contributed by atoms with Crippen molar-refractivity contribution in [1.29, 1.82) is 0 Å². The van der Waals surface area contributed by atoms with Crippen LogP contribution in [0.15, 0.2) is 24.3 Å². The van der Waals surface area contributed by atoms with Crippen molar-refractivity contribution >= 4 is 23.4 Å². The quantitative estimate of drug-likeness (QED) is 0.511. The normalized spacial score (nSPS) is 11.8. The number of Topliss-reactive ketones (excluding diaryl/α,β-unsaturated/α-hetero) is 2. The highest BCUT2D eigenvalue weighted by Crippen LogP contribution is 2.19. The molecular weight excluding hydrogens is 384 g/mol. The molecule has 7 nitrogen and oxygen atoms in total. The van der Waals surface area contributed by atoms with Crippen LogP contribution < -0.4 is 5.32 Å². The lowest BCUT2D eigenvalue weighted by atomic mass is 10.0. The second kappa shape index (κ2) is 9.52. The first-order valence-electron chi connectivity index (χ1n) is 9.81. The van der Waals surface area contributed by atoms with E-state index in [9.17, 15) is 19.2 Å². The monoisotopic (exact) mass is 412 g/mol. The first kappa shape index (κ1) is 23.1. The molecule has 0 spiro atoms. The van der Waals surface area contributed by atoms with Crippen LogP contribution in [0.3, 0.4) is 0 Å². The molecule has 0 bridgehead atoms. The number of carbonyl (C=O) groups excluding carboxylic acids is 4. The minimum absolute atomic E-state index is 0.143. The van der Waals surface area contributed by atoms with Crippen molar-refractivity contribution in [3.8, 4) is 0 Å². The Bertz CT molecular complexity index is 987. The smallest absolute Gasteiger partial charge is 0.329 e. The number of aromatic nitrogens is 1. The van der Waals surface area contributed by atoms with Gasteiger partial charge in [0.05, 0.1) is 5.69 Å². The van der Waals surface area contributed by atoms with Gasteiger partial charge in [0.25, 0.3) is 5.91 Å². The van der Waals surface area contributed by atoms with Crippen LogP contribution in [0.25, 0.3) is 0 Å². The maximum absolute atomic E-state index is 12.6. The molecule has 1 aromatic heterocycles. The summed E-state index contributed by atoms with van der Waals surface area (Å²) in [5.41, 5.74) is 3.11. The van der Waals surface area contributed by atoms with Gasteiger partial charge in [-0.2, -0.15) is 0 Å². The van der Waals surface area contributed by atoms with Gasteiger partial charge in [-0.05, 0) is 50.8 Å². The van der Waals surface area contributed by atoms with E-state index in [0.717, 1.165) is 5.56 Å². The molecule has 0 unspecified atom stereocenters. The van der Waals surface area contributed by atoms with Crippen LogP contribution in [0.4, 0.5) is 0 Å². The lowest BCUT2D eigenvalue weighted by Gasteiger charge is -2.21. The van der Waals surface area contributed by atoms with Gasteiger partial charge in [0.2, 0.25) is 5.78 Å². The van der Waals surface area contributed by atoms with E-state index in [1.807, 2.05) is 19.1 Å². The molecule has 30 heavy (non-hydrogen) atoms. The van der Waals surface area contributed by atoms with Crippen LogP contribution in [0.5, 0.6) is 0 Å². The van der Waals surface area contributed by atoms with E-state index < -0.39 is 24.4 Å². The molecule has 2 N–H and O–H groups in total. The van der Waals surface area contributed by atoms with Crippen LogP contribution in [0.1, 0.15) is 68.8 Å². The van der Waals surface area contributed by atoms with Crippen LogP contribution in [-0.2, 0) is 9.53 Å². The largest absolute Gasteiger partial charge is 0.456 e. The maximum Gasteiger partial charge on any atom is 0.329 e. The molecule has 0 aliphatic carbocycles. The third-order valence-corrected chi connectivity index (χ3v) is 5.01. The van der Waals surface area contributed by atoms with E-state index in [0.29, 0.717) is 22.4 Å². The molecule has 0 saturated heterocycles. The first-order chi connectivity index (χ1) is 14.0. The average Bonchev–Trinajstić information content (AvgIpc) is 2.98. The predicted molar refractivity (Wildman–Crippen MR) is 113 cm³/mol. The highest BCUT2D eigenvalue weighted by molar-refractivity contribution is 6.04. The number of nitrogens with one attached hydrogen (secondary N) is 2. The zero-order chi connectivity index (χ0) is 22.6. The highest BCUT2D eigenvalue weighted by Gasteiger charge is 2.28. The van der Waals surface area contributed by atoms with Crippen LogP contribution in [0, 0.1) is 26.7 Å². The van der Waals surface area contributed by atoms with E-state index in [1.165, 1.54) is 6.92 Å². The summed E-state index contributed by atoms with van der Waals surface area (Å²) in [5, 5.41) is 2.70. The standard InChI is InChI=1S/C23H28N2O5/c1-12(2)20(25-22(28)17-10-8-7-9-13(17)3)23(29)30-11-18(27)21-14(4)19(16(6)26)15(5)24-21/h7-10,12,20,24H,11H2,1-6H3,(H,25,28)/t20-/m0/s1. The number of aryl methyl sites for hydroxylation is 2. The van der Waals surface area contributed by atoms with Gasteiger partial charge >= 0.3 is 5.97 Å². The number of benzene rings is 1. The number of rotatable bonds is 8. The molecule has 0 fully saturated rings. The summed E-state index contributed by atoms with van der Waals surface area (Å²) in [6, 6.07) is 6.17. The van der Waals surface area contributed by atoms with E-state index in [-0.39, 0.29) is 23.3 Å². The van der Waals surface area contributed by atoms with Gasteiger partial charge in [-0.1, -0.05) is 32.0 Å². The van der Waals surface area contributed by atoms with E-state index in [2.05, 4.69) is 10.3 Å². The highest BCUT2D eigenvalue weighted by atomic mass is 16.5. The minimum atomic E-state index is -0.899. The molecule has 0 radical (unpaired) electrons. The summed E-state index contributed by atoms with van der Waals surface area (Å²) in [4.78, 5) is 52.3. The van der Waals surface area contributed by atoms with Crippen molar-refractivity contribution in [2.75, 3.05) is 6.61 Å². The molecule has 0 aliphatic heterocycles. The number of esters is 1. The summed E-state index contributed by atoms with van der Waals surface area (Å²) in [7, 11) is 0. The van der Waals surface area contributed by atoms with Crippen molar-refractivity contribution in [1.82, 2.24) is 10.3 Å². The third-order valence-electron chi connectivity index (χ3n) is 5.01. The number of ether oxygens (including phenoxy) is 1. The van der Waals surface area contributed by atoms with Crippen LogP contribution in [0.2, 0.25) is 0 Å². The third kappa shape index (κ3) is 5.03. The molecule has 2 rings (SSSR count). The Kier molecular flexibility index (Phi) is 7.32. The van der Waals surface area contributed by atoms with Gasteiger partial charge in [0.15, 0.2) is 12.4 Å². The Morgan fingerprint density at radius 2 is 1.70 bits per heavy atom. The topological polar surface area (TPSA) is 105 Å². The molecule has 1 heterocycles. The maximum atomic E-state index is 12.6. The van der Waals surface area contributed by atoms with Crippen molar-refractivity contribution < 1.29 is 23.9 Å². The van der Waals surface area contributed by atoms with Crippen molar-refractivity contribution in [2.45, 2.75) is 47.6 Å². The fourth-order valence-corrected chi connectivity index (χ4v) is 3.40.